The number of sulfonamides is 1. The highest BCUT2D eigenvalue weighted by molar-refractivity contribution is 7.89. The summed E-state index contributed by atoms with van der Waals surface area (Å²) in [6.07, 6.45) is -4.21. The lowest BCUT2D eigenvalue weighted by Gasteiger charge is -2.34. The molecule has 1 aliphatic rings. The second-order valence-electron chi connectivity index (χ2n) is 9.63. The molecular weight excluding hydrogens is 561 g/mol. The van der Waals surface area contributed by atoms with Gasteiger partial charge in [0, 0.05) is 34.6 Å². The Hall–Kier alpha value is -3.48. The Morgan fingerprint density at radius 2 is 1.82 bits per heavy atom. The smallest absolute Gasteiger partial charge is 0.318 e. The Morgan fingerprint density at radius 3 is 2.52 bits per heavy atom. The van der Waals surface area contributed by atoms with Gasteiger partial charge in [0.15, 0.2) is 5.13 Å². The summed E-state index contributed by atoms with van der Waals surface area (Å²) in [4.78, 5) is 17.9. The van der Waals surface area contributed by atoms with Crippen molar-refractivity contribution >= 4 is 32.4 Å². The first kappa shape index (κ1) is 28.1. The Morgan fingerprint density at radius 1 is 1.10 bits per heavy atom. The summed E-state index contributed by atoms with van der Waals surface area (Å²) in [7, 11) is -3.65. The van der Waals surface area contributed by atoms with Gasteiger partial charge in [0.05, 0.1) is 17.0 Å². The van der Waals surface area contributed by atoms with Gasteiger partial charge in [-0.05, 0) is 62.6 Å². The lowest BCUT2D eigenvalue weighted by Crippen LogP contribution is -2.51. The fourth-order valence-corrected chi connectivity index (χ4v) is 7.00. The highest BCUT2D eigenvalue weighted by Gasteiger charge is 2.38. The average molecular weight is 589 g/mol. The Kier molecular flexibility index (Phi) is 7.36. The van der Waals surface area contributed by atoms with E-state index in [2.05, 4.69) is 10.3 Å². The highest BCUT2D eigenvalue weighted by atomic mass is 32.2. The number of anilines is 1. The van der Waals surface area contributed by atoms with Crippen LogP contribution in [0.1, 0.15) is 35.0 Å². The molecule has 3 heterocycles. The van der Waals surface area contributed by atoms with Crippen LogP contribution in [0.15, 0.2) is 60.0 Å². The van der Waals surface area contributed by atoms with Crippen LogP contribution in [-0.2, 0) is 34.0 Å². The summed E-state index contributed by atoms with van der Waals surface area (Å²) in [6, 6.07) is 13.5. The van der Waals surface area contributed by atoms with E-state index in [4.69, 9.17) is 0 Å². The minimum atomic E-state index is -4.46. The zero-order valence-corrected chi connectivity index (χ0v) is 23.6. The molecule has 1 amide bonds. The van der Waals surface area contributed by atoms with E-state index in [0.717, 1.165) is 29.0 Å². The third-order valence-electron chi connectivity index (χ3n) is 7.10. The third-order valence-corrected chi connectivity index (χ3v) is 9.69. The quantitative estimate of drug-likeness (QED) is 0.302. The number of hydrogen-bond donors (Lipinski definition) is 1. The van der Waals surface area contributed by atoms with E-state index in [0.29, 0.717) is 27.8 Å². The van der Waals surface area contributed by atoms with Gasteiger partial charge in [-0.3, -0.25) is 4.79 Å². The number of nitrogens with zero attached hydrogens (tertiary/aromatic N) is 3. The summed E-state index contributed by atoms with van der Waals surface area (Å²) >= 11 is 1.19. The van der Waals surface area contributed by atoms with Crippen LogP contribution in [0.2, 0.25) is 0 Å². The number of aromatic nitrogens is 2. The molecule has 2 aromatic carbocycles. The first-order valence-electron chi connectivity index (χ1n) is 12.6. The number of rotatable bonds is 6. The van der Waals surface area contributed by atoms with Gasteiger partial charge in [0.25, 0.3) is 0 Å². The molecule has 0 bridgehead atoms. The van der Waals surface area contributed by atoms with Crippen molar-refractivity contribution in [3.05, 3.63) is 88.1 Å². The first-order chi connectivity index (χ1) is 18.9. The number of benzene rings is 2. The number of thiazole rings is 1. The molecule has 0 radical (unpaired) electrons. The van der Waals surface area contributed by atoms with E-state index in [-0.39, 0.29) is 18.7 Å². The molecule has 7 nitrogen and oxygen atoms in total. The molecular formula is C28H27F3N4O3S2. The molecule has 40 heavy (non-hydrogen) atoms. The van der Waals surface area contributed by atoms with Gasteiger partial charge in [-0.25, -0.2) is 13.4 Å². The molecule has 5 rings (SSSR count). The van der Waals surface area contributed by atoms with Crippen molar-refractivity contribution in [3.8, 4) is 16.9 Å². The summed E-state index contributed by atoms with van der Waals surface area (Å²) < 4.78 is 68.6. The van der Waals surface area contributed by atoms with Gasteiger partial charge >= 0.3 is 6.18 Å². The predicted molar refractivity (Wildman–Crippen MR) is 149 cm³/mol. The van der Waals surface area contributed by atoms with Crippen LogP contribution in [-0.4, -0.2) is 40.0 Å². The molecule has 0 fully saturated rings. The molecule has 1 atom stereocenters. The van der Waals surface area contributed by atoms with Gasteiger partial charge in [0.2, 0.25) is 15.9 Å². The third kappa shape index (κ3) is 5.30. The summed E-state index contributed by atoms with van der Waals surface area (Å²) in [5, 5.41) is 4.84. The van der Waals surface area contributed by atoms with Crippen LogP contribution in [0.5, 0.6) is 0 Å². The molecule has 2 aromatic heterocycles. The van der Waals surface area contributed by atoms with Crippen LogP contribution in [0, 0.1) is 13.8 Å². The number of hydrogen-bond acceptors (Lipinski definition) is 5. The zero-order chi connectivity index (χ0) is 28.8. The van der Waals surface area contributed by atoms with E-state index >= 15 is 0 Å². The van der Waals surface area contributed by atoms with Gasteiger partial charge < -0.3 is 9.88 Å². The number of fused-ring (bicyclic) bond motifs is 1. The van der Waals surface area contributed by atoms with E-state index in [1.54, 1.807) is 36.8 Å². The normalized spacial score (nSPS) is 16.1. The van der Waals surface area contributed by atoms with Crippen molar-refractivity contribution in [3.63, 3.8) is 0 Å². The summed E-state index contributed by atoms with van der Waals surface area (Å²) in [5.74, 6) is -0.594. The molecule has 0 saturated heterocycles. The molecule has 4 aromatic rings. The zero-order valence-electron chi connectivity index (χ0n) is 22.0. The van der Waals surface area contributed by atoms with Crippen molar-refractivity contribution in [2.45, 2.75) is 46.0 Å². The Bertz CT molecular complexity index is 1690. The SMILES string of the molecule is CCS(=O)(=O)N1Cc2ccccc2C[C@@H]1C(=O)Nc1nc(-c2cc(C)n(-c3cccc(C(F)(F)F)c3)c2C)cs1. The van der Waals surface area contributed by atoms with Crippen molar-refractivity contribution in [2.75, 3.05) is 11.1 Å². The Labute approximate surface area is 234 Å². The highest BCUT2D eigenvalue weighted by Crippen LogP contribution is 2.35. The topological polar surface area (TPSA) is 84.3 Å². The summed E-state index contributed by atoms with van der Waals surface area (Å²) in [6.45, 7) is 5.27. The maximum Gasteiger partial charge on any atom is 0.416 e. The molecule has 0 spiro atoms. The standard InChI is InChI=1S/C28H27F3N4O3S2/c1-4-40(37,38)34-15-20-9-6-5-8-19(20)13-25(34)26(36)33-27-32-24(16-39-27)23-12-17(2)35(18(23)3)22-11-7-10-21(14-22)28(29,30)31/h5-12,14,16,25H,4,13,15H2,1-3H3,(H,32,33,36)/t25-/m1/s1. The van der Waals surface area contributed by atoms with E-state index in [1.807, 2.05) is 30.3 Å². The number of halogens is 3. The van der Waals surface area contributed by atoms with Gasteiger partial charge in [-0.2, -0.15) is 17.5 Å². The van der Waals surface area contributed by atoms with Crippen molar-refractivity contribution < 1.29 is 26.4 Å². The number of nitrogens with one attached hydrogen (secondary N) is 1. The fourth-order valence-electron chi connectivity index (χ4n) is 5.06. The monoisotopic (exact) mass is 588 g/mol. The predicted octanol–water partition coefficient (Wildman–Crippen LogP) is 5.95. The van der Waals surface area contributed by atoms with Crippen LogP contribution in [0.25, 0.3) is 16.9 Å². The fraction of sp³-hybridized carbons (Fsp3) is 0.286. The van der Waals surface area contributed by atoms with E-state index in [1.165, 1.54) is 21.7 Å². The molecule has 0 aliphatic carbocycles. The maximum absolute atomic E-state index is 13.4. The second-order valence-corrected chi connectivity index (χ2v) is 12.7. The molecule has 0 saturated carbocycles. The average Bonchev–Trinajstić information content (AvgIpc) is 3.50. The maximum atomic E-state index is 13.4. The Balaban J connectivity index is 1.41. The lowest BCUT2D eigenvalue weighted by molar-refractivity contribution is -0.137. The van der Waals surface area contributed by atoms with Gasteiger partial charge in [-0.15, -0.1) is 11.3 Å². The summed E-state index contributed by atoms with van der Waals surface area (Å²) in [5.41, 5.74) is 4.14. The minimum absolute atomic E-state index is 0.120. The van der Waals surface area contributed by atoms with Crippen molar-refractivity contribution in [2.24, 2.45) is 0 Å². The minimum Gasteiger partial charge on any atom is -0.318 e. The number of carbonyl (C=O) groups is 1. The van der Waals surface area contributed by atoms with Crippen molar-refractivity contribution in [1.82, 2.24) is 13.9 Å². The van der Waals surface area contributed by atoms with Crippen LogP contribution >= 0.6 is 11.3 Å². The molecule has 12 heteroatoms. The largest absolute Gasteiger partial charge is 0.416 e. The lowest BCUT2D eigenvalue weighted by atomic mass is 9.95. The number of carbonyl (C=O) groups excluding carboxylic acids is 1. The number of alkyl halides is 3. The first-order valence-corrected chi connectivity index (χ1v) is 15.1. The van der Waals surface area contributed by atoms with Crippen LogP contribution in [0.4, 0.5) is 18.3 Å². The van der Waals surface area contributed by atoms with E-state index < -0.39 is 33.7 Å². The van der Waals surface area contributed by atoms with E-state index in [9.17, 15) is 26.4 Å². The van der Waals surface area contributed by atoms with Gasteiger partial charge in [-0.1, -0.05) is 30.3 Å². The molecule has 210 valence electrons. The molecule has 1 aliphatic heterocycles. The van der Waals surface area contributed by atoms with Gasteiger partial charge in [0.1, 0.15) is 6.04 Å². The second kappa shape index (κ2) is 10.5. The molecule has 1 N–H and O–H groups in total. The van der Waals surface area contributed by atoms with Crippen LogP contribution in [0.3, 0.4) is 0 Å². The van der Waals surface area contributed by atoms with Crippen LogP contribution < -0.4 is 5.32 Å². The number of aryl methyl sites for hydroxylation is 1. The molecule has 0 unspecified atom stereocenters. The van der Waals surface area contributed by atoms with Crippen molar-refractivity contribution in [1.29, 1.82) is 0 Å². The number of amides is 1.